The molecule has 0 aliphatic rings. The van der Waals surface area contributed by atoms with Crippen LogP contribution in [0.15, 0.2) is 30.5 Å². The highest BCUT2D eigenvalue weighted by Gasteiger charge is 1.98. The minimum absolute atomic E-state index is 0.976. The van der Waals surface area contributed by atoms with Crippen LogP contribution in [-0.4, -0.2) is 0 Å². The predicted molar refractivity (Wildman–Crippen MR) is 54.4 cm³/mol. The Hall–Kier alpha value is -1.24. The molecule has 0 bridgehead atoms. The standard InChI is InChI=1S/C11H15N/c1-8(2)12-11-7-5-6-9(3)10(11)4/h5-7,12H,1H2,2-4H3. The van der Waals surface area contributed by atoms with Gasteiger partial charge in [-0.1, -0.05) is 18.7 Å². The number of anilines is 1. The van der Waals surface area contributed by atoms with Crippen molar-refractivity contribution in [3.8, 4) is 0 Å². The molecule has 0 radical (unpaired) electrons. The van der Waals surface area contributed by atoms with Crippen LogP contribution in [0.5, 0.6) is 0 Å². The lowest BCUT2D eigenvalue weighted by Gasteiger charge is -2.10. The first kappa shape index (κ1) is 8.85. The highest BCUT2D eigenvalue weighted by atomic mass is 14.9. The normalized spacial score (nSPS) is 9.58. The van der Waals surface area contributed by atoms with Crippen molar-refractivity contribution in [3.05, 3.63) is 41.6 Å². The summed E-state index contributed by atoms with van der Waals surface area (Å²) in [6.45, 7) is 9.99. The van der Waals surface area contributed by atoms with E-state index in [0.29, 0.717) is 0 Å². The van der Waals surface area contributed by atoms with Gasteiger partial charge in [0.15, 0.2) is 0 Å². The lowest BCUT2D eigenvalue weighted by molar-refractivity contribution is 1.30. The van der Waals surface area contributed by atoms with Gasteiger partial charge in [-0.05, 0) is 38.0 Å². The van der Waals surface area contributed by atoms with Crippen molar-refractivity contribution in [3.63, 3.8) is 0 Å². The SMILES string of the molecule is C=C(C)Nc1cccc(C)c1C. The fraction of sp³-hybridized carbons (Fsp3) is 0.273. The zero-order valence-corrected chi connectivity index (χ0v) is 7.94. The number of hydrogen-bond donors (Lipinski definition) is 1. The van der Waals surface area contributed by atoms with E-state index in [9.17, 15) is 0 Å². The summed E-state index contributed by atoms with van der Waals surface area (Å²) in [7, 11) is 0. The van der Waals surface area contributed by atoms with E-state index in [1.165, 1.54) is 11.1 Å². The molecule has 1 aromatic rings. The fourth-order valence-corrected chi connectivity index (χ4v) is 1.12. The zero-order valence-electron chi connectivity index (χ0n) is 7.94. The molecule has 0 heterocycles. The highest BCUT2D eigenvalue weighted by molar-refractivity contribution is 5.56. The lowest BCUT2D eigenvalue weighted by atomic mass is 10.1. The first-order chi connectivity index (χ1) is 5.61. The molecule has 0 fully saturated rings. The summed E-state index contributed by atoms with van der Waals surface area (Å²) in [5, 5.41) is 3.22. The molecule has 1 nitrogen and oxygen atoms in total. The van der Waals surface area contributed by atoms with Crippen LogP contribution in [-0.2, 0) is 0 Å². The Balaban J connectivity index is 3.00. The maximum atomic E-state index is 3.81. The third-order valence-electron chi connectivity index (χ3n) is 1.95. The first-order valence-corrected chi connectivity index (χ1v) is 4.10. The minimum atomic E-state index is 0.976. The van der Waals surface area contributed by atoms with Crippen molar-refractivity contribution in [2.75, 3.05) is 5.32 Å². The van der Waals surface area contributed by atoms with Crippen molar-refractivity contribution in [1.82, 2.24) is 0 Å². The van der Waals surface area contributed by atoms with Crippen LogP contribution in [0.2, 0.25) is 0 Å². The monoisotopic (exact) mass is 161 g/mol. The van der Waals surface area contributed by atoms with Gasteiger partial charge in [-0.15, -0.1) is 0 Å². The average molecular weight is 161 g/mol. The molecule has 0 amide bonds. The summed E-state index contributed by atoms with van der Waals surface area (Å²) >= 11 is 0. The molecule has 0 unspecified atom stereocenters. The van der Waals surface area contributed by atoms with Crippen molar-refractivity contribution < 1.29 is 0 Å². The van der Waals surface area contributed by atoms with E-state index in [4.69, 9.17) is 0 Å². The molecule has 1 rings (SSSR count). The third-order valence-corrected chi connectivity index (χ3v) is 1.95. The molecule has 0 aliphatic heterocycles. The summed E-state index contributed by atoms with van der Waals surface area (Å²) in [6.07, 6.45) is 0. The van der Waals surface area contributed by atoms with Gasteiger partial charge in [0.05, 0.1) is 0 Å². The molecular weight excluding hydrogens is 146 g/mol. The summed E-state index contributed by atoms with van der Waals surface area (Å²) < 4.78 is 0. The Bertz CT molecular complexity index is 300. The maximum Gasteiger partial charge on any atom is 0.0413 e. The van der Waals surface area contributed by atoms with Crippen molar-refractivity contribution in [2.45, 2.75) is 20.8 Å². The van der Waals surface area contributed by atoms with E-state index in [1.54, 1.807) is 0 Å². The molecule has 1 heteroatoms. The van der Waals surface area contributed by atoms with Gasteiger partial charge in [-0.2, -0.15) is 0 Å². The van der Waals surface area contributed by atoms with Gasteiger partial charge in [0, 0.05) is 11.4 Å². The van der Waals surface area contributed by atoms with E-state index >= 15 is 0 Å². The average Bonchev–Trinajstić information content (AvgIpc) is 1.98. The number of benzene rings is 1. The zero-order chi connectivity index (χ0) is 9.14. The number of allylic oxidation sites excluding steroid dienone is 1. The molecule has 1 N–H and O–H groups in total. The van der Waals surface area contributed by atoms with Crippen LogP contribution < -0.4 is 5.32 Å². The van der Waals surface area contributed by atoms with Gasteiger partial charge in [-0.3, -0.25) is 0 Å². The molecule has 0 aromatic heterocycles. The number of nitrogens with one attached hydrogen (secondary N) is 1. The maximum absolute atomic E-state index is 3.81. The van der Waals surface area contributed by atoms with E-state index in [0.717, 1.165) is 11.4 Å². The van der Waals surface area contributed by atoms with E-state index in [1.807, 2.05) is 13.0 Å². The second kappa shape index (κ2) is 3.44. The van der Waals surface area contributed by atoms with Gasteiger partial charge in [0.25, 0.3) is 0 Å². The summed E-state index contributed by atoms with van der Waals surface area (Å²) in [4.78, 5) is 0. The molecular formula is C11H15N. The molecule has 0 atom stereocenters. The van der Waals surface area contributed by atoms with E-state index in [-0.39, 0.29) is 0 Å². The van der Waals surface area contributed by atoms with Crippen LogP contribution in [0, 0.1) is 13.8 Å². The molecule has 1 aromatic carbocycles. The second-order valence-electron chi connectivity index (χ2n) is 3.15. The molecule has 0 saturated carbocycles. The number of rotatable bonds is 2. The van der Waals surface area contributed by atoms with Gasteiger partial charge in [0.1, 0.15) is 0 Å². The van der Waals surface area contributed by atoms with Gasteiger partial charge >= 0.3 is 0 Å². The Morgan fingerprint density at radius 1 is 1.33 bits per heavy atom. The van der Waals surface area contributed by atoms with Gasteiger partial charge in [0.2, 0.25) is 0 Å². The van der Waals surface area contributed by atoms with Crippen LogP contribution in [0.3, 0.4) is 0 Å². The van der Waals surface area contributed by atoms with Crippen LogP contribution in [0.25, 0.3) is 0 Å². The lowest BCUT2D eigenvalue weighted by Crippen LogP contribution is -1.96. The number of aryl methyl sites for hydroxylation is 1. The van der Waals surface area contributed by atoms with Crippen molar-refractivity contribution >= 4 is 5.69 Å². The van der Waals surface area contributed by atoms with Gasteiger partial charge < -0.3 is 5.32 Å². The quantitative estimate of drug-likeness (QED) is 0.702. The second-order valence-corrected chi connectivity index (χ2v) is 3.15. The topological polar surface area (TPSA) is 12.0 Å². The molecule has 64 valence electrons. The Labute approximate surface area is 74.1 Å². The smallest absolute Gasteiger partial charge is 0.0413 e. The Morgan fingerprint density at radius 2 is 2.00 bits per heavy atom. The van der Waals surface area contributed by atoms with E-state index < -0.39 is 0 Å². The number of hydrogen-bond acceptors (Lipinski definition) is 1. The minimum Gasteiger partial charge on any atom is -0.359 e. The summed E-state index contributed by atoms with van der Waals surface area (Å²) in [5.74, 6) is 0. The molecule has 0 aliphatic carbocycles. The van der Waals surface area contributed by atoms with Crippen LogP contribution in [0.4, 0.5) is 5.69 Å². The van der Waals surface area contributed by atoms with Crippen LogP contribution >= 0.6 is 0 Å². The van der Waals surface area contributed by atoms with Gasteiger partial charge in [-0.25, -0.2) is 0 Å². The Morgan fingerprint density at radius 3 is 2.58 bits per heavy atom. The van der Waals surface area contributed by atoms with E-state index in [2.05, 4.69) is 37.9 Å². The molecule has 0 spiro atoms. The first-order valence-electron chi connectivity index (χ1n) is 4.10. The third kappa shape index (κ3) is 1.88. The van der Waals surface area contributed by atoms with Crippen LogP contribution in [0.1, 0.15) is 18.1 Å². The van der Waals surface area contributed by atoms with Crippen molar-refractivity contribution in [1.29, 1.82) is 0 Å². The molecule has 12 heavy (non-hydrogen) atoms. The highest BCUT2D eigenvalue weighted by Crippen LogP contribution is 2.18. The van der Waals surface area contributed by atoms with Crippen molar-refractivity contribution in [2.24, 2.45) is 0 Å². The Kier molecular flexibility index (Phi) is 2.54. The largest absolute Gasteiger partial charge is 0.359 e. The summed E-state index contributed by atoms with van der Waals surface area (Å²) in [5.41, 5.74) is 4.73. The summed E-state index contributed by atoms with van der Waals surface area (Å²) in [6, 6.07) is 6.23. The fourth-order valence-electron chi connectivity index (χ4n) is 1.12. The molecule has 0 saturated heterocycles. The predicted octanol–water partition coefficient (Wildman–Crippen LogP) is 3.25.